The fraction of sp³-hybridized carbons (Fsp3) is 0.692. The summed E-state index contributed by atoms with van der Waals surface area (Å²) in [5.74, 6) is 0.746. The van der Waals surface area contributed by atoms with E-state index in [9.17, 15) is 4.79 Å². The number of amides is 1. The Balaban J connectivity index is 0.00000110. The van der Waals surface area contributed by atoms with Gasteiger partial charge in [-0.3, -0.25) is 4.79 Å². The van der Waals surface area contributed by atoms with Gasteiger partial charge in [-0.2, -0.15) is 0 Å². The third kappa shape index (κ3) is 5.71. The highest BCUT2D eigenvalue weighted by atomic mass is 35.5. The summed E-state index contributed by atoms with van der Waals surface area (Å²) in [6, 6.07) is 0.145. The van der Waals surface area contributed by atoms with Gasteiger partial charge < -0.3 is 15.4 Å². The van der Waals surface area contributed by atoms with Gasteiger partial charge in [0.1, 0.15) is 5.01 Å². The quantitative estimate of drug-likeness (QED) is 0.847. The van der Waals surface area contributed by atoms with Crippen LogP contribution in [0.5, 0.6) is 0 Å². The molecule has 8 heteroatoms. The van der Waals surface area contributed by atoms with Gasteiger partial charge in [-0.15, -0.1) is 36.2 Å². The molecule has 0 aromatic carbocycles. The first-order valence-electron chi connectivity index (χ1n) is 6.83. The zero-order chi connectivity index (χ0) is 13.1. The van der Waals surface area contributed by atoms with E-state index in [-0.39, 0.29) is 36.8 Å². The first kappa shape index (κ1) is 18.6. The van der Waals surface area contributed by atoms with Crippen molar-refractivity contribution in [1.29, 1.82) is 0 Å². The molecule has 5 nitrogen and oxygen atoms in total. The Kier molecular flexibility index (Phi) is 7.90. The summed E-state index contributed by atoms with van der Waals surface area (Å²) in [7, 11) is 0. The van der Waals surface area contributed by atoms with Crippen LogP contribution in [0.15, 0.2) is 5.38 Å². The molecular formula is C13H21Cl2N3O2S. The minimum absolute atomic E-state index is 0. The minimum atomic E-state index is 0. The van der Waals surface area contributed by atoms with Gasteiger partial charge in [0, 0.05) is 30.3 Å². The van der Waals surface area contributed by atoms with Crippen molar-refractivity contribution in [1.82, 2.24) is 15.6 Å². The SMILES string of the molecule is Cl.Cl.O=C(CC1COCCN1)NCc1nc(C2CC2)cs1. The van der Waals surface area contributed by atoms with Crippen molar-refractivity contribution in [3.05, 3.63) is 16.1 Å². The van der Waals surface area contributed by atoms with Gasteiger partial charge in [-0.1, -0.05) is 0 Å². The summed E-state index contributed by atoms with van der Waals surface area (Å²) in [5.41, 5.74) is 1.21. The van der Waals surface area contributed by atoms with Crippen LogP contribution in [0.3, 0.4) is 0 Å². The van der Waals surface area contributed by atoms with E-state index in [0.717, 1.165) is 18.2 Å². The topological polar surface area (TPSA) is 63.2 Å². The van der Waals surface area contributed by atoms with Crippen molar-refractivity contribution in [2.75, 3.05) is 19.8 Å². The Bertz CT molecular complexity index is 448. The lowest BCUT2D eigenvalue weighted by Gasteiger charge is -2.23. The van der Waals surface area contributed by atoms with Gasteiger partial charge in [-0.25, -0.2) is 4.98 Å². The monoisotopic (exact) mass is 353 g/mol. The number of carbonyl (C=O) groups excluding carboxylic acids is 1. The molecule has 1 saturated carbocycles. The Morgan fingerprint density at radius 2 is 2.29 bits per heavy atom. The van der Waals surface area contributed by atoms with E-state index < -0.39 is 0 Å². The number of nitrogens with zero attached hydrogens (tertiary/aromatic N) is 1. The molecule has 1 amide bonds. The van der Waals surface area contributed by atoms with Gasteiger partial charge >= 0.3 is 0 Å². The average Bonchev–Trinajstić information content (AvgIpc) is 3.17. The molecule has 2 heterocycles. The van der Waals surface area contributed by atoms with Crippen LogP contribution in [0, 0.1) is 0 Å². The molecule has 1 aliphatic heterocycles. The van der Waals surface area contributed by atoms with Crippen molar-refractivity contribution in [3.63, 3.8) is 0 Å². The molecule has 2 aliphatic rings. The molecule has 1 aliphatic carbocycles. The Labute approximate surface area is 141 Å². The van der Waals surface area contributed by atoms with Crippen molar-refractivity contribution >= 4 is 42.1 Å². The number of hydrogen-bond acceptors (Lipinski definition) is 5. The largest absolute Gasteiger partial charge is 0.378 e. The molecule has 1 unspecified atom stereocenters. The fourth-order valence-electron chi connectivity index (χ4n) is 2.19. The normalized spacial score (nSPS) is 21.0. The maximum atomic E-state index is 11.8. The predicted molar refractivity (Wildman–Crippen MR) is 87.7 cm³/mol. The Morgan fingerprint density at radius 1 is 1.48 bits per heavy atom. The van der Waals surface area contributed by atoms with Gasteiger partial charge in [-0.05, 0) is 12.8 Å². The smallest absolute Gasteiger partial charge is 0.222 e. The van der Waals surface area contributed by atoms with E-state index in [1.807, 2.05) is 0 Å². The molecule has 2 N–H and O–H groups in total. The van der Waals surface area contributed by atoms with E-state index in [4.69, 9.17) is 4.74 Å². The molecule has 21 heavy (non-hydrogen) atoms. The molecule has 0 spiro atoms. The first-order valence-corrected chi connectivity index (χ1v) is 7.71. The molecule has 1 aromatic heterocycles. The van der Waals surface area contributed by atoms with Crippen molar-refractivity contribution in [2.24, 2.45) is 0 Å². The highest BCUT2D eigenvalue weighted by molar-refractivity contribution is 7.09. The summed E-state index contributed by atoms with van der Waals surface area (Å²) >= 11 is 1.64. The number of rotatable bonds is 5. The van der Waals surface area contributed by atoms with Crippen LogP contribution in [0.1, 0.15) is 35.9 Å². The highest BCUT2D eigenvalue weighted by Gasteiger charge is 2.26. The predicted octanol–water partition coefficient (Wildman–Crippen LogP) is 1.86. The fourth-order valence-corrected chi connectivity index (χ4v) is 3.01. The molecule has 0 radical (unpaired) electrons. The number of halogens is 2. The molecule has 1 atom stereocenters. The lowest BCUT2D eigenvalue weighted by atomic mass is 10.2. The first-order chi connectivity index (χ1) is 9.31. The number of carbonyl (C=O) groups is 1. The number of morpholine rings is 1. The van der Waals surface area contributed by atoms with E-state index >= 15 is 0 Å². The number of aromatic nitrogens is 1. The Hall–Kier alpha value is -0.400. The van der Waals surface area contributed by atoms with E-state index in [1.54, 1.807) is 11.3 Å². The maximum Gasteiger partial charge on any atom is 0.222 e. The van der Waals surface area contributed by atoms with Crippen LogP contribution < -0.4 is 10.6 Å². The zero-order valence-electron chi connectivity index (χ0n) is 11.7. The van der Waals surface area contributed by atoms with Crippen molar-refractivity contribution in [2.45, 2.75) is 37.8 Å². The molecule has 3 rings (SSSR count). The summed E-state index contributed by atoms with van der Waals surface area (Å²) in [4.78, 5) is 16.4. The lowest BCUT2D eigenvalue weighted by Crippen LogP contribution is -2.44. The lowest BCUT2D eigenvalue weighted by molar-refractivity contribution is -0.122. The molecular weight excluding hydrogens is 333 g/mol. The summed E-state index contributed by atoms with van der Waals surface area (Å²) < 4.78 is 5.33. The van der Waals surface area contributed by atoms with E-state index in [1.165, 1.54) is 18.5 Å². The molecule has 120 valence electrons. The van der Waals surface area contributed by atoms with Crippen LogP contribution in [0.2, 0.25) is 0 Å². The molecule has 1 saturated heterocycles. The van der Waals surface area contributed by atoms with Gasteiger partial charge in [0.05, 0.1) is 25.5 Å². The third-order valence-electron chi connectivity index (χ3n) is 3.43. The number of ether oxygens (including phenoxy) is 1. The summed E-state index contributed by atoms with van der Waals surface area (Å²) in [6.45, 7) is 2.73. The second-order valence-electron chi connectivity index (χ2n) is 5.15. The Morgan fingerprint density at radius 3 is 2.95 bits per heavy atom. The third-order valence-corrected chi connectivity index (χ3v) is 4.30. The van der Waals surface area contributed by atoms with E-state index in [0.29, 0.717) is 25.5 Å². The van der Waals surface area contributed by atoms with Gasteiger partial charge in [0.25, 0.3) is 0 Å². The highest BCUT2D eigenvalue weighted by Crippen LogP contribution is 2.40. The van der Waals surface area contributed by atoms with Crippen LogP contribution in [0.25, 0.3) is 0 Å². The molecule has 2 fully saturated rings. The summed E-state index contributed by atoms with van der Waals surface area (Å²) in [5, 5.41) is 9.33. The van der Waals surface area contributed by atoms with Crippen molar-refractivity contribution < 1.29 is 9.53 Å². The number of hydrogen-bond donors (Lipinski definition) is 2. The molecule has 1 aromatic rings. The standard InChI is InChI=1S/C13H19N3O2S.2ClH/c17-12(5-10-7-18-4-3-14-10)15-6-13-16-11(8-19-13)9-1-2-9;;/h8-10,14H,1-7H2,(H,15,17);2*1H. The van der Waals surface area contributed by atoms with Crippen molar-refractivity contribution in [3.8, 4) is 0 Å². The van der Waals surface area contributed by atoms with Gasteiger partial charge in [0.15, 0.2) is 0 Å². The van der Waals surface area contributed by atoms with Crippen LogP contribution in [0.4, 0.5) is 0 Å². The average molecular weight is 354 g/mol. The molecule has 0 bridgehead atoms. The maximum absolute atomic E-state index is 11.8. The zero-order valence-corrected chi connectivity index (χ0v) is 14.1. The van der Waals surface area contributed by atoms with Gasteiger partial charge in [0.2, 0.25) is 5.91 Å². The second kappa shape index (κ2) is 8.90. The van der Waals surface area contributed by atoms with Crippen LogP contribution in [-0.2, 0) is 16.1 Å². The minimum Gasteiger partial charge on any atom is -0.378 e. The second-order valence-corrected chi connectivity index (χ2v) is 6.09. The van der Waals surface area contributed by atoms with Crippen LogP contribution >= 0.6 is 36.2 Å². The van der Waals surface area contributed by atoms with E-state index in [2.05, 4.69) is 21.0 Å². The summed E-state index contributed by atoms with van der Waals surface area (Å²) in [6.07, 6.45) is 3.01. The number of nitrogens with one attached hydrogen (secondary N) is 2. The number of thiazole rings is 1. The van der Waals surface area contributed by atoms with Crippen LogP contribution in [-0.4, -0.2) is 36.7 Å².